The van der Waals surface area contributed by atoms with E-state index in [0.29, 0.717) is 18.6 Å². The normalized spacial score (nSPS) is 30.0. The monoisotopic (exact) mass is 399 g/mol. The molecule has 4 N–H and O–H groups in total. The summed E-state index contributed by atoms with van der Waals surface area (Å²) < 4.78 is 0. The van der Waals surface area contributed by atoms with E-state index in [1.54, 1.807) is 0 Å². The van der Waals surface area contributed by atoms with E-state index < -0.39 is 0 Å². The average molecular weight is 400 g/mol. The number of hydrazine groups is 1. The minimum atomic E-state index is 0.00786. The summed E-state index contributed by atoms with van der Waals surface area (Å²) >= 11 is 0. The Bertz CT molecular complexity index is 704. The first kappa shape index (κ1) is 20.3. The first-order valence-corrected chi connectivity index (χ1v) is 11.0. The first-order chi connectivity index (χ1) is 14.2. The second-order valence-corrected chi connectivity index (χ2v) is 8.54. The average Bonchev–Trinajstić information content (AvgIpc) is 3.24. The van der Waals surface area contributed by atoms with Gasteiger partial charge in [-0.05, 0) is 44.2 Å². The molecule has 7 heteroatoms. The molecule has 1 aliphatic carbocycles. The van der Waals surface area contributed by atoms with Crippen molar-refractivity contribution in [2.24, 2.45) is 5.92 Å². The van der Waals surface area contributed by atoms with Crippen molar-refractivity contribution in [1.29, 1.82) is 0 Å². The lowest BCUT2D eigenvalue weighted by Crippen LogP contribution is -2.61. The van der Waals surface area contributed by atoms with E-state index in [2.05, 4.69) is 28.4 Å². The van der Waals surface area contributed by atoms with E-state index in [9.17, 15) is 9.59 Å². The number of carbonyl (C=O) groups is 2. The zero-order valence-corrected chi connectivity index (χ0v) is 17.2. The second-order valence-electron chi connectivity index (χ2n) is 8.54. The molecule has 2 aliphatic heterocycles. The van der Waals surface area contributed by atoms with Gasteiger partial charge in [-0.1, -0.05) is 25.1 Å². The molecule has 1 saturated carbocycles. The number of piperidine rings is 1. The Balaban J connectivity index is 1.22. The fourth-order valence-corrected chi connectivity index (χ4v) is 4.68. The molecule has 4 atom stereocenters. The highest BCUT2D eigenvalue weighted by atomic mass is 16.2. The van der Waals surface area contributed by atoms with Crippen LogP contribution in [0.2, 0.25) is 0 Å². The van der Waals surface area contributed by atoms with Gasteiger partial charge in [0.05, 0.1) is 5.92 Å². The Morgan fingerprint density at radius 2 is 1.79 bits per heavy atom. The number of rotatable bonds is 6. The number of hydrogen-bond donors (Lipinski definition) is 4. The van der Waals surface area contributed by atoms with Gasteiger partial charge in [0, 0.05) is 49.4 Å². The van der Waals surface area contributed by atoms with Gasteiger partial charge in [-0.25, -0.2) is 0 Å². The molecule has 4 rings (SSSR count). The smallest absolute Gasteiger partial charge is 0.253 e. The summed E-state index contributed by atoms with van der Waals surface area (Å²) in [5, 5.41) is 7.01. The fourth-order valence-electron chi connectivity index (χ4n) is 4.68. The van der Waals surface area contributed by atoms with Crippen molar-refractivity contribution in [2.75, 3.05) is 19.6 Å². The number of likely N-dealkylation sites (tertiary alicyclic amines) is 1. The van der Waals surface area contributed by atoms with Gasteiger partial charge in [-0.2, -0.15) is 0 Å². The van der Waals surface area contributed by atoms with Crippen LogP contribution < -0.4 is 21.5 Å². The number of amides is 2. The number of hydrogen-bond acceptors (Lipinski definition) is 5. The maximum atomic E-state index is 12.6. The van der Waals surface area contributed by atoms with Crippen LogP contribution in [-0.4, -0.2) is 60.5 Å². The molecule has 3 fully saturated rings. The van der Waals surface area contributed by atoms with Crippen LogP contribution in [0.4, 0.5) is 0 Å². The molecule has 2 unspecified atom stereocenters. The molecule has 0 aromatic heterocycles. The Kier molecular flexibility index (Phi) is 6.47. The van der Waals surface area contributed by atoms with Crippen molar-refractivity contribution in [3.63, 3.8) is 0 Å². The van der Waals surface area contributed by atoms with Crippen LogP contribution in [0.5, 0.6) is 0 Å². The zero-order valence-electron chi connectivity index (χ0n) is 17.2. The van der Waals surface area contributed by atoms with Crippen molar-refractivity contribution >= 4 is 11.8 Å². The molecule has 0 radical (unpaired) electrons. The van der Waals surface area contributed by atoms with Crippen LogP contribution in [0.1, 0.15) is 49.4 Å². The summed E-state index contributed by atoms with van der Waals surface area (Å²) in [7, 11) is 0. The van der Waals surface area contributed by atoms with Crippen molar-refractivity contribution < 1.29 is 9.59 Å². The molecule has 1 aromatic rings. The molecule has 2 saturated heterocycles. The van der Waals surface area contributed by atoms with Gasteiger partial charge in [0.25, 0.3) is 5.91 Å². The number of nitrogens with one attached hydrogen (secondary N) is 4. The third kappa shape index (κ3) is 4.63. The molecule has 29 heavy (non-hydrogen) atoms. The van der Waals surface area contributed by atoms with Crippen molar-refractivity contribution in [3.8, 4) is 0 Å². The van der Waals surface area contributed by atoms with E-state index in [0.717, 1.165) is 50.8 Å². The van der Waals surface area contributed by atoms with Crippen LogP contribution in [0, 0.1) is 5.92 Å². The minimum Gasteiger partial charge on any atom is -0.351 e. The van der Waals surface area contributed by atoms with Crippen LogP contribution in [0.15, 0.2) is 30.3 Å². The van der Waals surface area contributed by atoms with Gasteiger partial charge in [-0.15, -0.1) is 0 Å². The second kappa shape index (κ2) is 9.24. The van der Waals surface area contributed by atoms with Crippen molar-refractivity contribution in [3.05, 3.63) is 35.9 Å². The zero-order chi connectivity index (χ0) is 20.2. The molecule has 3 aliphatic rings. The highest BCUT2D eigenvalue weighted by Crippen LogP contribution is 2.24. The largest absolute Gasteiger partial charge is 0.351 e. The quantitative estimate of drug-likeness (QED) is 0.574. The van der Waals surface area contributed by atoms with Gasteiger partial charge in [0.15, 0.2) is 0 Å². The summed E-state index contributed by atoms with van der Waals surface area (Å²) in [6.45, 7) is 4.37. The number of benzene rings is 1. The molecule has 1 aromatic carbocycles. The highest BCUT2D eigenvalue weighted by molar-refractivity contribution is 5.94. The molecular formula is C22H33N5O2. The van der Waals surface area contributed by atoms with E-state index in [1.165, 1.54) is 0 Å². The predicted molar refractivity (Wildman–Crippen MR) is 112 cm³/mol. The summed E-state index contributed by atoms with van der Waals surface area (Å²) in [6.07, 6.45) is 5.01. The van der Waals surface area contributed by atoms with Crippen LogP contribution in [0.3, 0.4) is 0 Å². The predicted octanol–water partition coefficient (Wildman–Crippen LogP) is 1.03. The van der Waals surface area contributed by atoms with Gasteiger partial charge in [-0.3, -0.25) is 20.4 Å². The topological polar surface area (TPSA) is 85.5 Å². The lowest BCUT2D eigenvalue weighted by molar-refractivity contribution is -0.126. The standard InChI is InChI=1S/C22H33N5O2/c1-2-18-17(14-23-26-18)21(28)25-20-9-8-19(20)24-16-10-12-27(13-11-16)22(29)15-6-4-3-5-7-15/h3-7,16-20,23-24,26H,2,8-14H2,1H3,(H,25,28)/t17?,18?,19-,20+/m0/s1. The first-order valence-electron chi connectivity index (χ1n) is 11.0. The lowest BCUT2D eigenvalue weighted by Gasteiger charge is -2.42. The fraction of sp³-hybridized carbons (Fsp3) is 0.636. The SMILES string of the molecule is CCC1NNCC1C(=O)N[C@@H]1CC[C@@H]1NC1CCN(C(=O)c2ccccc2)CC1. The van der Waals surface area contributed by atoms with Crippen LogP contribution >= 0.6 is 0 Å². The lowest BCUT2D eigenvalue weighted by atomic mass is 9.84. The van der Waals surface area contributed by atoms with Gasteiger partial charge >= 0.3 is 0 Å². The summed E-state index contributed by atoms with van der Waals surface area (Å²) in [6, 6.07) is 10.7. The van der Waals surface area contributed by atoms with Crippen LogP contribution in [0.25, 0.3) is 0 Å². The number of carbonyl (C=O) groups excluding carboxylic acids is 2. The van der Waals surface area contributed by atoms with E-state index in [4.69, 9.17) is 0 Å². The van der Waals surface area contributed by atoms with Gasteiger partial charge < -0.3 is 15.5 Å². The maximum absolute atomic E-state index is 12.6. The molecule has 2 heterocycles. The van der Waals surface area contributed by atoms with Gasteiger partial charge in [0.1, 0.15) is 0 Å². The molecular weight excluding hydrogens is 366 g/mol. The Labute approximate surface area is 173 Å². The molecule has 0 spiro atoms. The Hall–Kier alpha value is -1.96. The summed E-state index contributed by atoms with van der Waals surface area (Å²) in [5.74, 6) is 0.296. The van der Waals surface area contributed by atoms with Gasteiger partial charge in [0.2, 0.25) is 5.91 Å². The van der Waals surface area contributed by atoms with Crippen molar-refractivity contribution in [1.82, 2.24) is 26.4 Å². The maximum Gasteiger partial charge on any atom is 0.253 e. The van der Waals surface area contributed by atoms with E-state index >= 15 is 0 Å². The third-order valence-electron chi connectivity index (χ3n) is 6.73. The van der Waals surface area contributed by atoms with E-state index in [-0.39, 0.29) is 29.8 Å². The Morgan fingerprint density at radius 3 is 2.45 bits per heavy atom. The van der Waals surface area contributed by atoms with E-state index in [1.807, 2.05) is 35.2 Å². The Morgan fingerprint density at radius 1 is 1.07 bits per heavy atom. The van der Waals surface area contributed by atoms with Crippen LogP contribution in [-0.2, 0) is 4.79 Å². The van der Waals surface area contributed by atoms with Crippen molar-refractivity contribution in [2.45, 2.75) is 63.2 Å². The minimum absolute atomic E-state index is 0.00786. The number of nitrogens with zero attached hydrogens (tertiary/aromatic N) is 1. The molecule has 0 bridgehead atoms. The molecule has 7 nitrogen and oxygen atoms in total. The highest BCUT2D eigenvalue weighted by Gasteiger charge is 2.38. The molecule has 158 valence electrons. The summed E-state index contributed by atoms with van der Waals surface area (Å²) in [4.78, 5) is 27.2. The molecule has 2 amide bonds. The summed E-state index contributed by atoms with van der Waals surface area (Å²) in [5.41, 5.74) is 7.06. The third-order valence-corrected chi connectivity index (χ3v) is 6.73.